The summed E-state index contributed by atoms with van der Waals surface area (Å²) < 4.78 is 12.3. The van der Waals surface area contributed by atoms with E-state index in [2.05, 4.69) is 4.98 Å². The van der Waals surface area contributed by atoms with Gasteiger partial charge in [-0.25, -0.2) is 0 Å². The highest BCUT2D eigenvalue weighted by Crippen LogP contribution is 2.36. The summed E-state index contributed by atoms with van der Waals surface area (Å²) in [4.78, 5) is 16.9. The fraction of sp³-hybridized carbons (Fsp3) is 0.100. The lowest BCUT2D eigenvalue weighted by atomic mass is 10.1. The predicted octanol–water partition coefficient (Wildman–Crippen LogP) is 4.66. The van der Waals surface area contributed by atoms with Crippen LogP contribution in [0.3, 0.4) is 0 Å². The molecule has 2 aromatic heterocycles. The average Bonchev–Trinajstić information content (AvgIpc) is 2.96. The number of nitrogens with zero attached hydrogens (tertiary/aromatic N) is 1. The van der Waals surface area contributed by atoms with Crippen LogP contribution in [0.15, 0.2) is 48.7 Å². The maximum atomic E-state index is 11.7. The minimum atomic E-state index is -0.406. The molecule has 0 unspecified atom stereocenters. The van der Waals surface area contributed by atoms with Crippen LogP contribution in [0.2, 0.25) is 0 Å². The van der Waals surface area contributed by atoms with Crippen molar-refractivity contribution in [2.24, 2.45) is 5.73 Å². The Balaban J connectivity index is 1.76. The van der Waals surface area contributed by atoms with Gasteiger partial charge in [0.05, 0.1) is 18.2 Å². The first-order chi connectivity index (χ1) is 12.6. The number of fused-ring (bicyclic) bond motifs is 2. The smallest absolute Gasteiger partial charge is 0.250 e. The molecule has 130 valence electrons. The molecule has 0 bridgehead atoms. The predicted molar refractivity (Wildman–Crippen MR) is 103 cm³/mol. The van der Waals surface area contributed by atoms with Crippen LogP contribution < -0.4 is 15.2 Å². The number of hydrogen-bond donors (Lipinski definition) is 1. The van der Waals surface area contributed by atoms with Crippen molar-refractivity contribution in [3.8, 4) is 17.2 Å². The number of methoxy groups -OCH3 is 1. The molecule has 0 aliphatic rings. The molecule has 2 N–H and O–H groups in total. The molecule has 2 aromatic carbocycles. The number of primary amides is 1. The summed E-state index contributed by atoms with van der Waals surface area (Å²) in [7, 11) is 1.63. The van der Waals surface area contributed by atoms with Crippen LogP contribution >= 0.6 is 11.3 Å². The van der Waals surface area contributed by atoms with Gasteiger partial charge in [0.25, 0.3) is 0 Å². The molecule has 4 rings (SSSR count). The van der Waals surface area contributed by atoms with E-state index >= 15 is 0 Å². The standard InChI is InChI=1S/C20H16N2O3S/c1-11-19(20(21)23)15-6-4-13(10-18(15)26-11)25-17-7-8-22-16-9-12(24-2)3-5-14(16)17/h3-10H,1-2H3,(H2,21,23). The van der Waals surface area contributed by atoms with Gasteiger partial charge >= 0.3 is 0 Å². The lowest BCUT2D eigenvalue weighted by Gasteiger charge is -2.09. The fourth-order valence-corrected chi connectivity index (χ4v) is 4.11. The quantitative estimate of drug-likeness (QED) is 0.572. The third kappa shape index (κ3) is 2.74. The van der Waals surface area contributed by atoms with Crippen LogP contribution in [-0.4, -0.2) is 18.0 Å². The van der Waals surface area contributed by atoms with Gasteiger partial charge in [0.15, 0.2) is 0 Å². The third-order valence-electron chi connectivity index (χ3n) is 4.22. The summed E-state index contributed by atoms with van der Waals surface area (Å²) in [5.74, 6) is 1.74. The monoisotopic (exact) mass is 364 g/mol. The summed E-state index contributed by atoms with van der Waals surface area (Å²) >= 11 is 1.53. The van der Waals surface area contributed by atoms with Crippen molar-refractivity contribution in [3.63, 3.8) is 0 Å². The Bertz CT molecular complexity index is 1150. The molecule has 0 saturated carbocycles. The Kier molecular flexibility index (Phi) is 3.97. The van der Waals surface area contributed by atoms with Gasteiger partial charge in [-0.05, 0) is 43.3 Å². The van der Waals surface area contributed by atoms with E-state index in [0.29, 0.717) is 17.1 Å². The molecule has 5 nitrogen and oxygen atoms in total. The molecule has 0 aliphatic heterocycles. The van der Waals surface area contributed by atoms with E-state index in [-0.39, 0.29) is 0 Å². The zero-order chi connectivity index (χ0) is 18.3. The zero-order valence-electron chi connectivity index (χ0n) is 14.3. The van der Waals surface area contributed by atoms with E-state index in [4.69, 9.17) is 15.2 Å². The summed E-state index contributed by atoms with van der Waals surface area (Å²) in [5.41, 5.74) is 6.87. The molecule has 4 aromatic rings. The van der Waals surface area contributed by atoms with Gasteiger partial charge < -0.3 is 15.2 Å². The molecule has 0 fully saturated rings. The Morgan fingerprint density at radius 2 is 1.85 bits per heavy atom. The van der Waals surface area contributed by atoms with Gasteiger partial charge in [-0.3, -0.25) is 9.78 Å². The number of benzene rings is 2. The second kappa shape index (κ2) is 6.31. The highest BCUT2D eigenvalue weighted by molar-refractivity contribution is 7.19. The van der Waals surface area contributed by atoms with Crippen LogP contribution in [0, 0.1) is 6.92 Å². The number of carbonyl (C=O) groups is 1. The summed E-state index contributed by atoms with van der Waals surface area (Å²) in [6, 6.07) is 13.1. The second-order valence-corrected chi connectivity index (χ2v) is 7.11. The number of thiophene rings is 1. The molecule has 0 atom stereocenters. The van der Waals surface area contributed by atoms with E-state index < -0.39 is 5.91 Å². The lowest BCUT2D eigenvalue weighted by Crippen LogP contribution is -2.11. The van der Waals surface area contributed by atoms with Crippen molar-refractivity contribution < 1.29 is 14.3 Å². The van der Waals surface area contributed by atoms with E-state index in [9.17, 15) is 4.79 Å². The van der Waals surface area contributed by atoms with Crippen molar-refractivity contribution in [1.82, 2.24) is 4.98 Å². The first-order valence-electron chi connectivity index (χ1n) is 8.00. The van der Waals surface area contributed by atoms with Gasteiger partial charge in [-0.15, -0.1) is 11.3 Å². The number of aryl methyl sites for hydroxylation is 1. The summed E-state index contributed by atoms with van der Waals surface area (Å²) in [6.07, 6.45) is 1.70. The SMILES string of the molecule is COc1ccc2c(Oc3ccc4c(C(N)=O)c(C)sc4c3)ccnc2c1. The van der Waals surface area contributed by atoms with Crippen LogP contribution in [-0.2, 0) is 0 Å². The van der Waals surface area contributed by atoms with Crippen molar-refractivity contribution in [3.05, 3.63) is 59.1 Å². The number of hydrogen-bond acceptors (Lipinski definition) is 5. The minimum Gasteiger partial charge on any atom is -0.497 e. The number of amides is 1. The largest absolute Gasteiger partial charge is 0.497 e. The fourth-order valence-electron chi connectivity index (χ4n) is 3.01. The normalized spacial score (nSPS) is 11.0. The molecule has 2 heterocycles. The molecule has 0 aliphatic carbocycles. The Hall–Kier alpha value is -3.12. The second-order valence-electron chi connectivity index (χ2n) is 5.85. The highest BCUT2D eigenvalue weighted by atomic mass is 32.1. The topological polar surface area (TPSA) is 74.4 Å². The van der Waals surface area contributed by atoms with Crippen LogP contribution in [0.1, 0.15) is 15.2 Å². The van der Waals surface area contributed by atoms with E-state index in [1.165, 1.54) is 11.3 Å². The third-order valence-corrected chi connectivity index (χ3v) is 5.29. The van der Waals surface area contributed by atoms with Crippen LogP contribution in [0.25, 0.3) is 21.0 Å². The molecular formula is C20H16N2O3S. The van der Waals surface area contributed by atoms with Crippen molar-refractivity contribution in [2.45, 2.75) is 6.92 Å². The molecule has 26 heavy (non-hydrogen) atoms. The van der Waals surface area contributed by atoms with Crippen LogP contribution in [0.5, 0.6) is 17.2 Å². The Labute approximate surface area is 154 Å². The Morgan fingerprint density at radius 3 is 2.62 bits per heavy atom. The zero-order valence-corrected chi connectivity index (χ0v) is 15.1. The maximum absolute atomic E-state index is 11.7. The minimum absolute atomic E-state index is 0.406. The molecule has 6 heteroatoms. The van der Waals surface area contributed by atoms with Crippen LogP contribution in [0.4, 0.5) is 0 Å². The van der Waals surface area contributed by atoms with Gasteiger partial charge in [-0.2, -0.15) is 0 Å². The van der Waals surface area contributed by atoms with Crippen molar-refractivity contribution in [1.29, 1.82) is 0 Å². The first-order valence-corrected chi connectivity index (χ1v) is 8.82. The number of rotatable bonds is 4. The number of nitrogens with two attached hydrogens (primary N) is 1. The summed E-state index contributed by atoms with van der Waals surface area (Å²) in [6.45, 7) is 1.90. The highest BCUT2D eigenvalue weighted by Gasteiger charge is 2.15. The number of aromatic nitrogens is 1. The van der Waals surface area contributed by atoms with E-state index in [1.807, 2.05) is 49.4 Å². The number of carbonyl (C=O) groups excluding carboxylic acids is 1. The average molecular weight is 364 g/mol. The van der Waals surface area contributed by atoms with Gasteiger partial charge in [0.2, 0.25) is 5.91 Å². The molecule has 0 radical (unpaired) electrons. The summed E-state index contributed by atoms with van der Waals surface area (Å²) in [5, 5.41) is 1.75. The maximum Gasteiger partial charge on any atom is 0.250 e. The molecular weight excluding hydrogens is 348 g/mol. The van der Waals surface area contributed by atoms with Crippen molar-refractivity contribution >= 4 is 38.2 Å². The first kappa shape index (κ1) is 16.4. The Morgan fingerprint density at radius 1 is 1.08 bits per heavy atom. The molecule has 0 spiro atoms. The lowest BCUT2D eigenvalue weighted by molar-refractivity contribution is 0.100. The van der Waals surface area contributed by atoms with Gasteiger partial charge in [0.1, 0.15) is 17.2 Å². The van der Waals surface area contributed by atoms with Gasteiger partial charge in [0, 0.05) is 32.6 Å². The number of ether oxygens (including phenoxy) is 2. The van der Waals surface area contributed by atoms with E-state index in [0.717, 1.165) is 31.6 Å². The van der Waals surface area contributed by atoms with Crippen molar-refractivity contribution in [2.75, 3.05) is 7.11 Å². The van der Waals surface area contributed by atoms with E-state index in [1.54, 1.807) is 13.3 Å². The van der Waals surface area contributed by atoms with Gasteiger partial charge in [-0.1, -0.05) is 0 Å². The number of pyridine rings is 1. The molecule has 0 saturated heterocycles. The molecule has 1 amide bonds.